The van der Waals surface area contributed by atoms with E-state index in [2.05, 4.69) is 25.9 Å². The molecule has 0 saturated heterocycles. The molecule has 16 heavy (non-hydrogen) atoms. The molecule has 82 valence electrons. The van der Waals surface area contributed by atoms with Crippen LogP contribution in [-0.4, -0.2) is 9.97 Å². The van der Waals surface area contributed by atoms with Crippen molar-refractivity contribution in [2.45, 2.75) is 0 Å². The Balaban J connectivity index is 2.30. The second-order valence-electron chi connectivity index (χ2n) is 2.95. The number of benzene rings is 1. The first-order chi connectivity index (χ1) is 7.65. The summed E-state index contributed by atoms with van der Waals surface area (Å²) < 4.78 is 18.9. The van der Waals surface area contributed by atoms with E-state index in [9.17, 15) is 4.39 Å². The summed E-state index contributed by atoms with van der Waals surface area (Å²) in [5.41, 5.74) is 5.54. The Morgan fingerprint density at radius 2 is 1.94 bits per heavy atom. The number of nitrogens with two attached hydrogens (primary N) is 1. The van der Waals surface area contributed by atoms with Gasteiger partial charge in [-0.3, -0.25) is 0 Å². The standard InChI is InChI=1S/C10H7BrFN3O/c11-6-3-7(12)5-8(4-6)16-10-9(13)14-1-2-15-10/h1-5H,(H2,13,14). The van der Waals surface area contributed by atoms with Crippen LogP contribution < -0.4 is 10.5 Å². The van der Waals surface area contributed by atoms with Crippen molar-refractivity contribution in [1.29, 1.82) is 0 Å². The molecule has 6 heteroatoms. The maximum absolute atomic E-state index is 13.1. The van der Waals surface area contributed by atoms with Crippen molar-refractivity contribution in [3.8, 4) is 11.6 Å². The summed E-state index contributed by atoms with van der Waals surface area (Å²) in [4.78, 5) is 7.69. The molecule has 0 spiro atoms. The summed E-state index contributed by atoms with van der Waals surface area (Å²) in [5, 5.41) is 0. The van der Waals surface area contributed by atoms with Gasteiger partial charge in [0, 0.05) is 22.9 Å². The van der Waals surface area contributed by atoms with Crippen molar-refractivity contribution in [1.82, 2.24) is 9.97 Å². The first-order valence-corrected chi connectivity index (χ1v) is 5.15. The third-order valence-corrected chi connectivity index (χ3v) is 2.20. The van der Waals surface area contributed by atoms with Crippen LogP contribution in [0, 0.1) is 5.82 Å². The Morgan fingerprint density at radius 3 is 2.62 bits per heavy atom. The maximum Gasteiger partial charge on any atom is 0.262 e. The van der Waals surface area contributed by atoms with E-state index in [0.717, 1.165) is 0 Å². The number of halogens is 2. The van der Waals surface area contributed by atoms with Gasteiger partial charge in [0.15, 0.2) is 5.82 Å². The van der Waals surface area contributed by atoms with E-state index in [0.29, 0.717) is 10.2 Å². The number of nitrogen functional groups attached to an aromatic ring is 1. The highest BCUT2D eigenvalue weighted by molar-refractivity contribution is 9.10. The monoisotopic (exact) mass is 283 g/mol. The SMILES string of the molecule is Nc1nccnc1Oc1cc(F)cc(Br)c1. The molecule has 0 aliphatic heterocycles. The molecule has 0 fully saturated rings. The molecule has 1 aromatic heterocycles. The van der Waals surface area contributed by atoms with Crippen LogP contribution in [0.25, 0.3) is 0 Å². The fourth-order valence-electron chi connectivity index (χ4n) is 1.11. The van der Waals surface area contributed by atoms with Gasteiger partial charge in [-0.05, 0) is 12.1 Å². The second-order valence-corrected chi connectivity index (χ2v) is 3.87. The van der Waals surface area contributed by atoms with E-state index in [1.165, 1.54) is 24.5 Å². The number of hydrogen-bond donors (Lipinski definition) is 1. The van der Waals surface area contributed by atoms with Gasteiger partial charge in [-0.15, -0.1) is 0 Å². The van der Waals surface area contributed by atoms with Gasteiger partial charge < -0.3 is 10.5 Å². The topological polar surface area (TPSA) is 61.0 Å². The fraction of sp³-hybridized carbons (Fsp3) is 0. The lowest BCUT2D eigenvalue weighted by molar-refractivity contribution is 0.458. The quantitative estimate of drug-likeness (QED) is 0.921. The van der Waals surface area contributed by atoms with Crippen LogP contribution in [0.1, 0.15) is 0 Å². The lowest BCUT2D eigenvalue weighted by Gasteiger charge is -2.06. The molecule has 0 atom stereocenters. The van der Waals surface area contributed by atoms with Crippen LogP contribution in [0.3, 0.4) is 0 Å². The lowest BCUT2D eigenvalue weighted by atomic mass is 10.3. The molecule has 0 aliphatic carbocycles. The van der Waals surface area contributed by atoms with E-state index in [-0.39, 0.29) is 11.7 Å². The van der Waals surface area contributed by atoms with Crippen molar-refractivity contribution in [2.24, 2.45) is 0 Å². The fourth-order valence-corrected chi connectivity index (χ4v) is 1.56. The Kier molecular flexibility index (Phi) is 3.00. The molecule has 1 heterocycles. The summed E-state index contributed by atoms with van der Waals surface area (Å²) in [6.45, 7) is 0. The van der Waals surface area contributed by atoms with Gasteiger partial charge in [0.1, 0.15) is 11.6 Å². The highest BCUT2D eigenvalue weighted by Crippen LogP contribution is 2.26. The molecule has 4 nitrogen and oxygen atoms in total. The third kappa shape index (κ3) is 2.46. The van der Waals surface area contributed by atoms with Gasteiger partial charge in [-0.25, -0.2) is 14.4 Å². The largest absolute Gasteiger partial charge is 0.436 e. The lowest BCUT2D eigenvalue weighted by Crippen LogP contribution is -1.97. The molecule has 2 N–H and O–H groups in total. The molecular formula is C10H7BrFN3O. The summed E-state index contributed by atoms with van der Waals surface area (Å²) in [6.07, 6.45) is 2.89. The number of nitrogens with zero attached hydrogens (tertiary/aromatic N) is 2. The predicted octanol–water partition coefficient (Wildman–Crippen LogP) is 2.75. The van der Waals surface area contributed by atoms with Crippen molar-refractivity contribution >= 4 is 21.7 Å². The van der Waals surface area contributed by atoms with E-state index in [4.69, 9.17) is 10.5 Å². The molecular weight excluding hydrogens is 277 g/mol. The average Bonchev–Trinajstić information content (AvgIpc) is 2.20. The third-order valence-electron chi connectivity index (χ3n) is 1.74. The summed E-state index contributed by atoms with van der Waals surface area (Å²) in [7, 11) is 0. The molecule has 2 rings (SSSR count). The number of anilines is 1. The number of hydrogen-bond acceptors (Lipinski definition) is 4. The molecule has 0 amide bonds. The van der Waals surface area contributed by atoms with E-state index < -0.39 is 5.82 Å². The zero-order chi connectivity index (χ0) is 11.5. The summed E-state index contributed by atoms with van der Waals surface area (Å²) in [6, 6.07) is 4.17. The Morgan fingerprint density at radius 1 is 1.19 bits per heavy atom. The number of rotatable bonds is 2. The van der Waals surface area contributed by atoms with Crippen LogP contribution in [0.4, 0.5) is 10.2 Å². The second kappa shape index (κ2) is 4.44. The van der Waals surface area contributed by atoms with Gasteiger partial charge in [-0.2, -0.15) is 0 Å². The van der Waals surface area contributed by atoms with Gasteiger partial charge in [0.05, 0.1) is 0 Å². The van der Waals surface area contributed by atoms with Crippen LogP contribution in [0.2, 0.25) is 0 Å². The summed E-state index contributed by atoms with van der Waals surface area (Å²) in [5.74, 6) is 0.203. The van der Waals surface area contributed by atoms with Crippen molar-refractivity contribution in [3.63, 3.8) is 0 Å². The van der Waals surface area contributed by atoms with Crippen molar-refractivity contribution in [3.05, 3.63) is 40.9 Å². The number of aromatic nitrogens is 2. The van der Waals surface area contributed by atoms with E-state index in [1.807, 2.05) is 0 Å². The summed E-state index contributed by atoms with van der Waals surface area (Å²) >= 11 is 3.16. The minimum absolute atomic E-state index is 0.153. The molecule has 0 aliphatic rings. The molecule has 1 aromatic carbocycles. The molecule has 0 radical (unpaired) electrons. The van der Waals surface area contributed by atoms with Crippen LogP contribution >= 0.6 is 15.9 Å². The van der Waals surface area contributed by atoms with E-state index in [1.54, 1.807) is 6.07 Å². The van der Waals surface area contributed by atoms with Crippen LogP contribution in [0.5, 0.6) is 11.6 Å². The van der Waals surface area contributed by atoms with Gasteiger partial charge in [0.2, 0.25) is 0 Å². The molecule has 0 saturated carbocycles. The normalized spacial score (nSPS) is 10.1. The first kappa shape index (κ1) is 10.8. The Bertz CT molecular complexity index is 501. The Labute approximate surface area is 99.4 Å². The molecule has 0 bridgehead atoms. The minimum Gasteiger partial charge on any atom is -0.436 e. The van der Waals surface area contributed by atoms with Crippen LogP contribution in [0.15, 0.2) is 35.1 Å². The van der Waals surface area contributed by atoms with Crippen molar-refractivity contribution < 1.29 is 9.13 Å². The smallest absolute Gasteiger partial charge is 0.262 e. The van der Waals surface area contributed by atoms with E-state index >= 15 is 0 Å². The van der Waals surface area contributed by atoms with Gasteiger partial charge >= 0.3 is 0 Å². The predicted molar refractivity (Wildman–Crippen MR) is 60.6 cm³/mol. The molecule has 0 unspecified atom stereocenters. The zero-order valence-corrected chi connectivity index (χ0v) is 9.61. The molecule has 2 aromatic rings. The van der Waals surface area contributed by atoms with Gasteiger partial charge in [0.25, 0.3) is 5.88 Å². The Hall–Kier alpha value is -1.69. The average molecular weight is 284 g/mol. The zero-order valence-electron chi connectivity index (χ0n) is 8.02. The first-order valence-electron chi connectivity index (χ1n) is 4.35. The van der Waals surface area contributed by atoms with Crippen molar-refractivity contribution in [2.75, 3.05) is 5.73 Å². The van der Waals surface area contributed by atoms with Crippen LogP contribution in [-0.2, 0) is 0 Å². The highest BCUT2D eigenvalue weighted by Gasteiger charge is 2.06. The number of ether oxygens (including phenoxy) is 1. The minimum atomic E-state index is -0.410. The highest BCUT2D eigenvalue weighted by atomic mass is 79.9. The van der Waals surface area contributed by atoms with Gasteiger partial charge in [-0.1, -0.05) is 15.9 Å². The maximum atomic E-state index is 13.1.